The number of aliphatic hydroxyl groups is 2. The van der Waals surface area contributed by atoms with Gasteiger partial charge in [0.15, 0.2) is 12.1 Å². The second-order valence-corrected chi connectivity index (χ2v) is 16.2. The van der Waals surface area contributed by atoms with E-state index in [1.54, 1.807) is 6.07 Å². The van der Waals surface area contributed by atoms with Gasteiger partial charge in [-0.15, -0.1) is 0 Å². The lowest BCUT2D eigenvalue weighted by Gasteiger charge is -2.24. The number of aliphatic hydroxyl groups excluding tert-OH is 2. The van der Waals surface area contributed by atoms with Crippen LogP contribution in [0.1, 0.15) is 108 Å². The van der Waals surface area contributed by atoms with Crippen molar-refractivity contribution in [3.8, 4) is 6.07 Å². The van der Waals surface area contributed by atoms with Crippen molar-refractivity contribution in [3.63, 3.8) is 0 Å². The predicted molar refractivity (Wildman–Crippen MR) is 201 cm³/mol. The molecule has 0 bridgehead atoms. The molecule has 1 fully saturated rings. The Labute approximate surface area is 312 Å². The first-order valence-electron chi connectivity index (χ1n) is 18.6. The highest BCUT2D eigenvalue weighted by Crippen LogP contribution is 2.46. The molecule has 6 atom stereocenters. The lowest BCUT2D eigenvalue weighted by Crippen LogP contribution is -2.41. The normalized spacial score (nSPS) is 22.0. The number of nitrogens with zero attached hydrogens (tertiary/aromatic N) is 4. The van der Waals surface area contributed by atoms with Crippen molar-refractivity contribution >= 4 is 29.9 Å². The van der Waals surface area contributed by atoms with Crippen molar-refractivity contribution in [2.75, 3.05) is 25.6 Å². The number of hydrogen-bond donors (Lipinski definition) is 4. The van der Waals surface area contributed by atoms with Crippen LogP contribution in [0.25, 0.3) is 5.52 Å². The summed E-state index contributed by atoms with van der Waals surface area (Å²) in [4.78, 5) is 14.8. The summed E-state index contributed by atoms with van der Waals surface area (Å²) in [6.07, 6.45) is 13.6. The van der Waals surface area contributed by atoms with Gasteiger partial charge in [-0.25, -0.2) is 9.50 Å². The summed E-state index contributed by atoms with van der Waals surface area (Å²) < 4.78 is 30.3. The van der Waals surface area contributed by atoms with Gasteiger partial charge in [0, 0.05) is 6.61 Å². The van der Waals surface area contributed by atoms with Gasteiger partial charge in [-0.05, 0) is 35.9 Å². The van der Waals surface area contributed by atoms with Crippen molar-refractivity contribution in [1.82, 2.24) is 14.6 Å². The van der Waals surface area contributed by atoms with Crippen LogP contribution < -0.4 is 5.73 Å². The Hall–Kier alpha value is -2.54. The number of nitrogen functional groups attached to an aromatic ring is 1. The van der Waals surface area contributed by atoms with Crippen molar-refractivity contribution in [1.29, 1.82) is 5.26 Å². The minimum atomic E-state index is -3.90. The maximum Gasteiger partial charge on any atom is 0.324 e. The molecule has 0 spiro atoms. The fraction of sp³-hybridized carbons (Fsp3) is 0.649. The van der Waals surface area contributed by atoms with Gasteiger partial charge in [0.05, 0.1) is 18.9 Å². The van der Waals surface area contributed by atoms with Crippen molar-refractivity contribution in [2.45, 2.75) is 134 Å². The van der Waals surface area contributed by atoms with E-state index in [4.69, 9.17) is 40.8 Å². The monoisotopic (exact) mass is 761 g/mol. The Bertz CT molecular complexity index is 1560. The highest BCUT2D eigenvalue weighted by molar-refractivity contribution is 8.07. The maximum atomic E-state index is 11.0. The van der Waals surface area contributed by atoms with E-state index in [-0.39, 0.29) is 24.7 Å². The van der Waals surface area contributed by atoms with E-state index in [9.17, 15) is 20.4 Å². The van der Waals surface area contributed by atoms with E-state index in [0.29, 0.717) is 12.1 Å². The third-order valence-electron chi connectivity index (χ3n) is 9.34. The first kappa shape index (κ1) is 42.2. The SMILES string of the molecule is CCCCCCCCCCCCCCCCO[C@@H](COP(O)(=S)OC[C@H]1O[C@@](C#N)(c2ccc3c(N)ncnn23)[C@H](O)[C@@H]1O)OCc1ccccc1. The predicted octanol–water partition coefficient (Wildman–Crippen LogP) is 6.44. The van der Waals surface area contributed by atoms with Gasteiger partial charge in [-0.2, -0.15) is 10.4 Å². The molecule has 1 unspecified atom stereocenters. The van der Waals surface area contributed by atoms with E-state index in [0.717, 1.165) is 24.8 Å². The first-order chi connectivity index (χ1) is 25.2. The molecule has 52 heavy (non-hydrogen) atoms. The molecule has 15 heteroatoms. The van der Waals surface area contributed by atoms with Gasteiger partial charge in [0.2, 0.25) is 5.60 Å². The zero-order valence-corrected chi connectivity index (χ0v) is 32.0. The van der Waals surface area contributed by atoms with Gasteiger partial charge in [0.1, 0.15) is 42.8 Å². The van der Waals surface area contributed by atoms with Gasteiger partial charge >= 0.3 is 6.72 Å². The van der Waals surface area contributed by atoms with Crippen molar-refractivity contribution < 1.29 is 38.4 Å². The molecule has 1 aliphatic rings. The largest absolute Gasteiger partial charge is 0.387 e. The third kappa shape index (κ3) is 12.5. The van der Waals surface area contributed by atoms with E-state index < -0.39 is 43.5 Å². The molecule has 13 nitrogen and oxygen atoms in total. The molecular weight excluding hydrogens is 705 g/mol. The summed E-state index contributed by atoms with van der Waals surface area (Å²) in [5.41, 5.74) is 5.39. The molecule has 4 rings (SSSR count). The van der Waals surface area contributed by atoms with Crippen molar-refractivity contribution in [2.24, 2.45) is 0 Å². The number of nitriles is 1. The summed E-state index contributed by atoms with van der Waals surface area (Å²) in [5.74, 6) is 0.162. The molecule has 0 radical (unpaired) electrons. The molecule has 3 aromatic rings. The standard InChI is InChI=1S/C37H56N5O8PS/c1-2-3-4-5-6-7-8-9-10-11-12-13-14-18-23-46-33(47-24-29-19-16-15-17-20-29)26-49-51(45,52)48-25-31-34(43)35(44)37(27-38,50-31)32-22-21-30-36(39)40-28-41-42(30)32/h15-17,19-22,28,31,33-35,43-44H,2-14,18,23-26H2,1H3,(H,45,52)(H2,39,40,41)/t31-,33-,34-,35-,37+,51?/m1/s1. The molecule has 0 aliphatic carbocycles. The van der Waals surface area contributed by atoms with Crippen LogP contribution in [-0.4, -0.2) is 74.1 Å². The second-order valence-electron chi connectivity index (χ2n) is 13.4. The summed E-state index contributed by atoms with van der Waals surface area (Å²) >= 11 is 5.25. The fourth-order valence-electron chi connectivity index (χ4n) is 6.33. The van der Waals surface area contributed by atoms with Crippen LogP contribution in [0.4, 0.5) is 5.82 Å². The number of anilines is 1. The highest BCUT2D eigenvalue weighted by atomic mass is 32.5. The van der Waals surface area contributed by atoms with Crippen LogP contribution in [0.2, 0.25) is 0 Å². The van der Waals surface area contributed by atoms with Crippen LogP contribution in [0.15, 0.2) is 48.8 Å². The molecule has 1 aromatic carbocycles. The summed E-state index contributed by atoms with van der Waals surface area (Å²) in [6.45, 7) is -1.58. The topological polar surface area (TPSA) is 187 Å². The van der Waals surface area contributed by atoms with Crippen LogP contribution in [0, 0.1) is 11.3 Å². The zero-order valence-electron chi connectivity index (χ0n) is 30.3. The fourth-order valence-corrected chi connectivity index (χ4v) is 7.41. The molecule has 288 valence electrons. The van der Waals surface area contributed by atoms with Gasteiger partial charge in [-0.1, -0.05) is 121 Å². The molecule has 2 aromatic heterocycles. The van der Waals surface area contributed by atoms with Crippen LogP contribution in [0.5, 0.6) is 0 Å². The number of rotatable bonds is 26. The van der Waals surface area contributed by atoms with E-state index >= 15 is 0 Å². The van der Waals surface area contributed by atoms with E-state index in [1.807, 2.05) is 36.4 Å². The Morgan fingerprint density at radius 2 is 1.58 bits per heavy atom. The molecule has 0 saturated carbocycles. The third-order valence-corrected chi connectivity index (χ3v) is 10.9. The number of aromatic nitrogens is 3. The number of unbranched alkanes of at least 4 members (excludes halogenated alkanes) is 13. The van der Waals surface area contributed by atoms with E-state index in [2.05, 4.69) is 17.0 Å². The zero-order chi connectivity index (χ0) is 37.2. The number of hydrogen-bond acceptors (Lipinski definition) is 12. The number of nitrogens with two attached hydrogens (primary N) is 1. The minimum Gasteiger partial charge on any atom is -0.387 e. The lowest BCUT2D eigenvalue weighted by atomic mass is 9.92. The van der Waals surface area contributed by atoms with E-state index in [1.165, 1.54) is 87.5 Å². The van der Waals surface area contributed by atoms with Crippen molar-refractivity contribution in [3.05, 3.63) is 60.0 Å². The first-order valence-corrected chi connectivity index (χ1v) is 21.2. The molecule has 0 amide bonds. The summed E-state index contributed by atoms with van der Waals surface area (Å²) in [7, 11) is 0. The Morgan fingerprint density at radius 3 is 2.21 bits per heavy atom. The lowest BCUT2D eigenvalue weighted by molar-refractivity contribution is -0.167. The molecule has 5 N–H and O–H groups in total. The molecular formula is C37H56N5O8PS. The Morgan fingerprint density at radius 1 is 0.942 bits per heavy atom. The van der Waals surface area contributed by atoms with Crippen LogP contribution in [-0.2, 0) is 47.3 Å². The average molecular weight is 762 g/mol. The van der Waals surface area contributed by atoms with Gasteiger partial charge in [0.25, 0.3) is 0 Å². The van der Waals surface area contributed by atoms with Crippen LogP contribution in [0.3, 0.4) is 0 Å². The highest BCUT2D eigenvalue weighted by Gasteiger charge is 2.57. The number of ether oxygens (including phenoxy) is 3. The molecule has 3 heterocycles. The number of fused-ring (bicyclic) bond motifs is 1. The van der Waals surface area contributed by atoms with Gasteiger partial charge in [-0.3, -0.25) is 0 Å². The molecule has 1 aliphatic heterocycles. The average Bonchev–Trinajstić information content (AvgIpc) is 3.70. The summed E-state index contributed by atoms with van der Waals surface area (Å²) in [6, 6.07) is 14.7. The van der Waals surface area contributed by atoms with Gasteiger partial charge < -0.3 is 44.1 Å². The van der Waals surface area contributed by atoms with Crippen LogP contribution >= 0.6 is 6.72 Å². The minimum absolute atomic E-state index is 0.141. The number of benzene rings is 1. The Kier molecular flexibility index (Phi) is 17.8. The summed E-state index contributed by atoms with van der Waals surface area (Å²) in [5, 5.41) is 36.1. The quantitative estimate of drug-likeness (QED) is 0.0398. The Balaban J connectivity index is 1.20. The second kappa shape index (κ2) is 22.0. The maximum absolute atomic E-state index is 11.0. The smallest absolute Gasteiger partial charge is 0.324 e. The molecule has 1 saturated heterocycles.